The second-order valence-corrected chi connectivity index (χ2v) is 3.98. The topological polar surface area (TPSA) is 58.7 Å². The summed E-state index contributed by atoms with van der Waals surface area (Å²) in [6.07, 6.45) is 3.12. The highest BCUT2D eigenvalue weighted by atomic mass is 16.2. The molecule has 0 saturated heterocycles. The molecule has 0 aliphatic carbocycles. The lowest BCUT2D eigenvalue weighted by Crippen LogP contribution is -2.44. The van der Waals surface area contributed by atoms with E-state index in [0.29, 0.717) is 5.84 Å². The van der Waals surface area contributed by atoms with Crippen molar-refractivity contribution in [2.45, 2.75) is 52.1 Å². The van der Waals surface area contributed by atoms with Gasteiger partial charge < -0.3 is 10.6 Å². The zero-order valence-corrected chi connectivity index (χ0v) is 9.16. The molecule has 0 aromatic heterocycles. The second-order valence-electron chi connectivity index (χ2n) is 3.98. The Bertz CT molecular complexity index is 248. The molecule has 0 radical (unpaired) electrons. The molecule has 0 spiro atoms. The largest absolute Gasteiger partial charge is 0.385 e. The number of rotatable bonds is 4. The molecule has 80 valence electrons. The zero-order valence-electron chi connectivity index (χ0n) is 9.16. The van der Waals surface area contributed by atoms with Crippen molar-refractivity contribution in [1.82, 2.24) is 4.90 Å². The van der Waals surface area contributed by atoms with Crippen LogP contribution in [0.5, 0.6) is 0 Å². The monoisotopic (exact) mass is 197 g/mol. The van der Waals surface area contributed by atoms with Gasteiger partial charge in [-0.15, -0.1) is 0 Å². The van der Waals surface area contributed by atoms with E-state index in [9.17, 15) is 4.79 Å². The van der Waals surface area contributed by atoms with E-state index in [1.165, 1.54) is 0 Å². The Morgan fingerprint density at radius 1 is 1.57 bits per heavy atom. The van der Waals surface area contributed by atoms with Gasteiger partial charge in [0.25, 0.3) is 0 Å². The van der Waals surface area contributed by atoms with Crippen molar-refractivity contribution in [1.29, 1.82) is 0 Å². The fraction of sp³-hybridized carbons (Fsp3) is 0.800. The van der Waals surface area contributed by atoms with E-state index in [-0.39, 0.29) is 18.1 Å². The highest BCUT2D eigenvalue weighted by Gasteiger charge is 2.34. The Labute approximate surface area is 85.2 Å². The Balaban J connectivity index is 2.69. The molecular formula is C10H19N3O. The average molecular weight is 197 g/mol. The van der Waals surface area contributed by atoms with E-state index in [4.69, 9.17) is 5.73 Å². The van der Waals surface area contributed by atoms with Crippen molar-refractivity contribution >= 4 is 11.9 Å². The van der Waals surface area contributed by atoms with Crippen LogP contribution in [-0.2, 0) is 0 Å². The summed E-state index contributed by atoms with van der Waals surface area (Å²) in [7, 11) is 0. The lowest BCUT2D eigenvalue weighted by Gasteiger charge is -2.27. The number of urea groups is 1. The van der Waals surface area contributed by atoms with Crippen LogP contribution in [0.3, 0.4) is 0 Å². The first-order chi connectivity index (χ1) is 6.57. The van der Waals surface area contributed by atoms with Crippen LogP contribution in [0.1, 0.15) is 40.0 Å². The molecule has 0 aromatic rings. The van der Waals surface area contributed by atoms with Crippen LogP contribution in [0, 0.1) is 0 Å². The maximum absolute atomic E-state index is 11.5. The van der Waals surface area contributed by atoms with E-state index >= 15 is 0 Å². The molecule has 2 amide bonds. The number of hydrogen-bond donors (Lipinski definition) is 1. The summed E-state index contributed by atoms with van der Waals surface area (Å²) < 4.78 is 0. The number of carbonyl (C=O) groups is 1. The van der Waals surface area contributed by atoms with E-state index in [0.717, 1.165) is 19.3 Å². The van der Waals surface area contributed by atoms with Crippen molar-refractivity contribution in [3.8, 4) is 0 Å². The van der Waals surface area contributed by atoms with E-state index in [1.807, 2.05) is 13.8 Å². The molecule has 1 aliphatic rings. The predicted molar refractivity (Wildman–Crippen MR) is 57.3 cm³/mol. The number of hydrogen-bond acceptors (Lipinski definition) is 2. The standard InChI is InChI=1S/C10H19N3O/c1-4-5-6-8-9(11)12-10(14)13(8)7(2)3/h7-8H,4-6H2,1-3H3,(H2,11,12,14). The molecular weight excluding hydrogens is 178 g/mol. The van der Waals surface area contributed by atoms with Crippen molar-refractivity contribution in [2.24, 2.45) is 10.7 Å². The Kier molecular flexibility index (Phi) is 3.49. The van der Waals surface area contributed by atoms with Gasteiger partial charge in [0.05, 0.1) is 6.04 Å². The minimum atomic E-state index is -0.182. The van der Waals surface area contributed by atoms with Crippen LogP contribution >= 0.6 is 0 Å². The first kappa shape index (κ1) is 11.0. The van der Waals surface area contributed by atoms with Crippen molar-refractivity contribution in [3.63, 3.8) is 0 Å². The minimum absolute atomic E-state index is 0.0300. The average Bonchev–Trinajstić information content (AvgIpc) is 2.37. The van der Waals surface area contributed by atoms with Crippen molar-refractivity contribution in [2.75, 3.05) is 0 Å². The summed E-state index contributed by atoms with van der Waals surface area (Å²) in [5.41, 5.74) is 5.73. The van der Waals surface area contributed by atoms with Gasteiger partial charge in [0.15, 0.2) is 0 Å². The highest BCUT2D eigenvalue weighted by Crippen LogP contribution is 2.19. The van der Waals surface area contributed by atoms with Gasteiger partial charge in [-0.05, 0) is 20.3 Å². The van der Waals surface area contributed by atoms with Gasteiger partial charge in [0, 0.05) is 6.04 Å². The van der Waals surface area contributed by atoms with Gasteiger partial charge in [0.2, 0.25) is 0 Å². The third kappa shape index (κ3) is 2.05. The molecule has 14 heavy (non-hydrogen) atoms. The summed E-state index contributed by atoms with van der Waals surface area (Å²) in [6.45, 7) is 6.11. The zero-order chi connectivity index (χ0) is 10.7. The molecule has 0 fully saturated rings. The van der Waals surface area contributed by atoms with Gasteiger partial charge in [-0.3, -0.25) is 0 Å². The van der Waals surface area contributed by atoms with E-state index in [2.05, 4.69) is 11.9 Å². The predicted octanol–water partition coefficient (Wildman–Crippen LogP) is 1.75. The van der Waals surface area contributed by atoms with Crippen LogP contribution in [0.2, 0.25) is 0 Å². The lowest BCUT2D eigenvalue weighted by molar-refractivity contribution is 0.186. The first-order valence-corrected chi connectivity index (χ1v) is 5.24. The molecule has 0 aromatic carbocycles. The Hall–Kier alpha value is -1.06. The van der Waals surface area contributed by atoms with Crippen LogP contribution in [0.25, 0.3) is 0 Å². The number of amides is 2. The summed E-state index contributed by atoms with van der Waals surface area (Å²) in [5.74, 6) is 0.483. The number of nitrogens with zero attached hydrogens (tertiary/aromatic N) is 2. The van der Waals surface area contributed by atoms with Crippen molar-refractivity contribution < 1.29 is 4.79 Å². The molecule has 1 rings (SSSR count). The van der Waals surface area contributed by atoms with Gasteiger partial charge in [0.1, 0.15) is 5.84 Å². The van der Waals surface area contributed by atoms with Crippen molar-refractivity contribution in [3.05, 3.63) is 0 Å². The molecule has 1 heterocycles. The van der Waals surface area contributed by atoms with Crippen LogP contribution < -0.4 is 5.73 Å². The molecule has 2 N–H and O–H groups in total. The minimum Gasteiger partial charge on any atom is -0.385 e. The first-order valence-electron chi connectivity index (χ1n) is 5.24. The molecule has 1 unspecified atom stereocenters. The second kappa shape index (κ2) is 4.44. The van der Waals surface area contributed by atoms with Crippen LogP contribution in [0.15, 0.2) is 4.99 Å². The fourth-order valence-electron chi connectivity index (χ4n) is 1.78. The van der Waals surface area contributed by atoms with Gasteiger partial charge >= 0.3 is 6.03 Å². The third-order valence-electron chi connectivity index (χ3n) is 2.51. The van der Waals surface area contributed by atoms with E-state index in [1.54, 1.807) is 4.90 Å². The molecule has 0 bridgehead atoms. The molecule has 4 nitrogen and oxygen atoms in total. The summed E-state index contributed by atoms with van der Waals surface area (Å²) in [4.78, 5) is 17.0. The number of carbonyl (C=O) groups excluding carboxylic acids is 1. The number of unbranched alkanes of at least 4 members (excludes halogenated alkanes) is 1. The normalized spacial score (nSPS) is 22.0. The maximum Gasteiger partial charge on any atom is 0.346 e. The third-order valence-corrected chi connectivity index (χ3v) is 2.51. The van der Waals surface area contributed by atoms with Crippen LogP contribution in [0.4, 0.5) is 4.79 Å². The van der Waals surface area contributed by atoms with Gasteiger partial charge in [-0.25, -0.2) is 4.79 Å². The molecule has 4 heteroatoms. The molecule has 1 atom stereocenters. The number of nitrogens with two attached hydrogens (primary N) is 1. The Morgan fingerprint density at radius 2 is 2.21 bits per heavy atom. The number of amidine groups is 1. The van der Waals surface area contributed by atoms with Gasteiger partial charge in [-0.1, -0.05) is 19.8 Å². The fourth-order valence-corrected chi connectivity index (χ4v) is 1.78. The molecule has 1 aliphatic heterocycles. The maximum atomic E-state index is 11.5. The molecule has 0 saturated carbocycles. The lowest BCUT2D eigenvalue weighted by atomic mass is 10.1. The summed E-state index contributed by atoms with van der Waals surface area (Å²) >= 11 is 0. The van der Waals surface area contributed by atoms with E-state index < -0.39 is 0 Å². The summed E-state index contributed by atoms with van der Waals surface area (Å²) in [5, 5.41) is 0. The number of aliphatic imine (C=N–C) groups is 1. The highest BCUT2D eigenvalue weighted by molar-refractivity contribution is 6.02. The van der Waals surface area contributed by atoms with Gasteiger partial charge in [-0.2, -0.15) is 4.99 Å². The smallest absolute Gasteiger partial charge is 0.346 e. The SMILES string of the molecule is CCCCC1C(N)=NC(=O)N1C(C)C. The quantitative estimate of drug-likeness (QED) is 0.746. The van der Waals surface area contributed by atoms with Crippen LogP contribution in [-0.4, -0.2) is 28.9 Å². The summed E-state index contributed by atoms with van der Waals surface area (Å²) in [6, 6.07) is 0.0233. The Morgan fingerprint density at radius 3 is 2.71 bits per heavy atom.